The summed E-state index contributed by atoms with van der Waals surface area (Å²) < 4.78 is 26.9. The SMILES string of the molecule is COc1cc(N2CC3(CCN(C)CC3)C2)c(F)cc1Nc1ncc(Cl)c(Oc2cccc3c2C(=O)N(C)C3)n1. The first-order chi connectivity index (χ1) is 18.7. The van der Waals surface area contributed by atoms with Gasteiger partial charge in [-0.25, -0.2) is 9.37 Å². The highest BCUT2D eigenvalue weighted by molar-refractivity contribution is 6.31. The Kier molecular flexibility index (Phi) is 6.47. The molecule has 204 valence electrons. The number of nitrogens with zero attached hydrogens (tertiary/aromatic N) is 5. The molecule has 9 nitrogen and oxygen atoms in total. The number of methoxy groups -OCH3 is 1. The Labute approximate surface area is 231 Å². The summed E-state index contributed by atoms with van der Waals surface area (Å²) in [5.41, 5.74) is 2.52. The Morgan fingerprint density at radius 2 is 1.90 bits per heavy atom. The van der Waals surface area contributed by atoms with Crippen LogP contribution >= 0.6 is 11.6 Å². The summed E-state index contributed by atoms with van der Waals surface area (Å²) in [7, 11) is 5.42. The van der Waals surface area contributed by atoms with Crippen LogP contribution in [0.25, 0.3) is 0 Å². The highest BCUT2D eigenvalue weighted by Gasteiger charge is 2.45. The molecule has 2 fully saturated rings. The van der Waals surface area contributed by atoms with Gasteiger partial charge in [-0.2, -0.15) is 4.98 Å². The average Bonchev–Trinajstić information content (AvgIpc) is 3.20. The minimum absolute atomic E-state index is 0.0741. The molecule has 1 spiro atoms. The van der Waals surface area contributed by atoms with Crippen LogP contribution in [-0.2, 0) is 6.54 Å². The normalized spacial score (nSPS) is 18.2. The molecule has 3 aliphatic rings. The average molecular weight is 553 g/mol. The smallest absolute Gasteiger partial charge is 0.258 e. The fourth-order valence-electron chi connectivity index (χ4n) is 5.66. The van der Waals surface area contributed by atoms with E-state index in [1.54, 1.807) is 24.1 Å². The van der Waals surface area contributed by atoms with Crippen LogP contribution in [-0.4, -0.2) is 73.1 Å². The van der Waals surface area contributed by atoms with Crippen molar-refractivity contribution in [2.75, 3.05) is 57.6 Å². The molecule has 0 bridgehead atoms. The number of carbonyl (C=O) groups excluding carboxylic acids is 1. The highest BCUT2D eigenvalue weighted by atomic mass is 35.5. The predicted molar refractivity (Wildman–Crippen MR) is 147 cm³/mol. The molecule has 0 atom stereocenters. The van der Waals surface area contributed by atoms with Crippen molar-refractivity contribution in [2.24, 2.45) is 5.41 Å². The second-order valence-corrected chi connectivity index (χ2v) is 11.1. The summed E-state index contributed by atoms with van der Waals surface area (Å²) in [5.74, 6) is 0.557. The maximum absolute atomic E-state index is 15.3. The molecule has 39 heavy (non-hydrogen) atoms. The van der Waals surface area contributed by atoms with Gasteiger partial charge < -0.3 is 29.5 Å². The molecule has 4 heterocycles. The molecule has 0 radical (unpaired) electrons. The number of nitrogens with one attached hydrogen (secondary N) is 1. The molecule has 1 N–H and O–H groups in total. The number of likely N-dealkylation sites (tertiary alicyclic amines) is 1. The second kappa shape index (κ2) is 9.84. The first-order valence-corrected chi connectivity index (χ1v) is 13.3. The van der Waals surface area contributed by atoms with Crippen LogP contribution in [0.2, 0.25) is 5.02 Å². The number of carbonyl (C=O) groups is 1. The fourth-order valence-corrected chi connectivity index (χ4v) is 5.79. The van der Waals surface area contributed by atoms with Gasteiger partial charge >= 0.3 is 0 Å². The number of benzene rings is 2. The zero-order chi connectivity index (χ0) is 27.3. The predicted octanol–water partition coefficient (Wildman–Crippen LogP) is 4.93. The van der Waals surface area contributed by atoms with Gasteiger partial charge in [0, 0.05) is 44.2 Å². The third-order valence-corrected chi connectivity index (χ3v) is 8.21. The van der Waals surface area contributed by atoms with Gasteiger partial charge in [-0.05, 0) is 44.6 Å². The van der Waals surface area contributed by atoms with Crippen LogP contribution in [0, 0.1) is 11.2 Å². The molecule has 1 amide bonds. The molecule has 0 saturated carbocycles. The van der Waals surface area contributed by atoms with Crippen LogP contribution in [0.5, 0.6) is 17.4 Å². The van der Waals surface area contributed by atoms with Crippen LogP contribution in [0.15, 0.2) is 36.5 Å². The summed E-state index contributed by atoms with van der Waals surface area (Å²) in [4.78, 5) is 27.3. The Bertz CT molecular complexity index is 1440. The summed E-state index contributed by atoms with van der Waals surface area (Å²) in [6.45, 7) is 4.35. The topological polar surface area (TPSA) is 83.1 Å². The van der Waals surface area contributed by atoms with Gasteiger partial charge in [0.1, 0.15) is 22.3 Å². The number of anilines is 3. The number of fused-ring (bicyclic) bond motifs is 1. The maximum Gasteiger partial charge on any atom is 0.258 e. The van der Waals surface area contributed by atoms with Gasteiger partial charge in [0.05, 0.1) is 30.2 Å². The van der Waals surface area contributed by atoms with Crippen molar-refractivity contribution in [3.8, 4) is 17.4 Å². The first kappa shape index (κ1) is 25.6. The van der Waals surface area contributed by atoms with Crippen LogP contribution in [0.1, 0.15) is 28.8 Å². The van der Waals surface area contributed by atoms with Gasteiger partial charge in [0.15, 0.2) is 0 Å². The van der Waals surface area contributed by atoms with E-state index in [0.29, 0.717) is 35.0 Å². The van der Waals surface area contributed by atoms with E-state index in [4.69, 9.17) is 21.1 Å². The molecule has 0 aliphatic carbocycles. The van der Waals surface area contributed by atoms with E-state index in [1.165, 1.54) is 19.4 Å². The molecule has 3 aromatic rings. The van der Waals surface area contributed by atoms with Crippen molar-refractivity contribution >= 4 is 34.8 Å². The summed E-state index contributed by atoms with van der Waals surface area (Å²) >= 11 is 6.33. The van der Waals surface area contributed by atoms with Crippen molar-refractivity contribution in [1.82, 2.24) is 19.8 Å². The number of ether oxygens (including phenoxy) is 2. The Balaban J connectivity index is 1.21. The first-order valence-electron chi connectivity index (χ1n) is 12.9. The molecule has 2 aromatic carbocycles. The third-order valence-electron chi connectivity index (χ3n) is 7.96. The van der Waals surface area contributed by atoms with E-state index in [9.17, 15) is 4.79 Å². The lowest BCUT2D eigenvalue weighted by Crippen LogP contribution is -2.60. The molecule has 0 unspecified atom stereocenters. The lowest BCUT2D eigenvalue weighted by molar-refractivity contribution is 0.0814. The third kappa shape index (κ3) is 4.72. The van der Waals surface area contributed by atoms with Gasteiger partial charge in [-0.3, -0.25) is 4.79 Å². The molecule has 2 saturated heterocycles. The van der Waals surface area contributed by atoms with Gasteiger partial charge in [0.25, 0.3) is 5.91 Å². The fraction of sp³-hybridized carbons (Fsp3) is 0.393. The standard InChI is InChI=1S/C28H30ClFN6O3/c1-34-9-7-28(8-10-34)15-36(16-28)21-12-23(38-3)20(11-19(21)30)32-27-31-13-18(29)25(33-27)39-22-6-4-5-17-14-35(2)26(37)24(17)22/h4-6,11-13H,7-10,14-16H2,1-3H3,(H,31,32,33). The lowest BCUT2D eigenvalue weighted by Gasteiger charge is -2.54. The van der Waals surface area contributed by atoms with Gasteiger partial charge in [0.2, 0.25) is 11.8 Å². The van der Waals surface area contributed by atoms with Crippen LogP contribution < -0.4 is 19.7 Å². The van der Waals surface area contributed by atoms with E-state index in [1.807, 2.05) is 12.1 Å². The van der Waals surface area contributed by atoms with E-state index >= 15 is 4.39 Å². The largest absolute Gasteiger partial charge is 0.494 e. The zero-order valence-electron chi connectivity index (χ0n) is 22.1. The minimum atomic E-state index is -0.353. The summed E-state index contributed by atoms with van der Waals surface area (Å²) in [6.07, 6.45) is 3.66. The maximum atomic E-state index is 15.3. The van der Waals surface area contributed by atoms with Crippen LogP contribution in [0.3, 0.4) is 0 Å². The van der Waals surface area contributed by atoms with E-state index in [0.717, 1.165) is 44.6 Å². The van der Waals surface area contributed by atoms with E-state index in [-0.39, 0.29) is 34.0 Å². The Morgan fingerprint density at radius 3 is 2.64 bits per heavy atom. The lowest BCUT2D eigenvalue weighted by atomic mass is 9.72. The molecule has 3 aliphatic heterocycles. The zero-order valence-corrected chi connectivity index (χ0v) is 22.9. The number of hydrogen-bond donors (Lipinski definition) is 1. The molecular formula is C28H30ClFN6O3. The minimum Gasteiger partial charge on any atom is -0.494 e. The molecular weight excluding hydrogens is 523 g/mol. The number of amides is 1. The van der Waals surface area contributed by atoms with Crippen molar-refractivity contribution in [1.29, 1.82) is 0 Å². The van der Waals surface area contributed by atoms with Crippen LogP contribution in [0.4, 0.5) is 21.7 Å². The van der Waals surface area contributed by atoms with Crippen molar-refractivity contribution < 1.29 is 18.7 Å². The number of piperidine rings is 1. The molecule has 6 rings (SSSR count). The molecule has 11 heteroatoms. The number of aromatic nitrogens is 2. The van der Waals surface area contributed by atoms with Gasteiger partial charge in [-0.15, -0.1) is 0 Å². The number of rotatable bonds is 6. The Hall–Kier alpha value is -3.63. The second-order valence-electron chi connectivity index (χ2n) is 10.7. The monoisotopic (exact) mass is 552 g/mol. The molecule has 1 aromatic heterocycles. The summed E-state index contributed by atoms with van der Waals surface area (Å²) in [5, 5.41) is 3.20. The Morgan fingerprint density at radius 1 is 1.13 bits per heavy atom. The van der Waals surface area contributed by atoms with Gasteiger partial charge in [-0.1, -0.05) is 23.7 Å². The highest BCUT2D eigenvalue weighted by Crippen LogP contribution is 2.45. The summed E-state index contributed by atoms with van der Waals surface area (Å²) in [6, 6.07) is 8.50. The van der Waals surface area contributed by atoms with Crippen molar-refractivity contribution in [3.63, 3.8) is 0 Å². The van der Waals surface area contributed by atoms with E-state index < -0.39 is 0 Å². The van der Waals surface area contributed by atoms with E-state index in [2.05, 4.69) is 32.1 Å². The number of hydrogen-bond acceptors (Lipinski definition) is 8. The number of halogens is 2. The van der Waals surface area contributed by atoms with Crippen molar-refractivity contribution in [3.05, 3.63) is 58.5 Å². The van der Waals surface area contributed by atoms with Crippen molar-refractivity contribution in [2.45, 2.75) is 19.4 Å². The quantitative estimate of drug-likeness (QED) is 0.461.